The SMILES string of the molecule is CCN=C(C)C(O)(CC)C(C)C.[Pm]. The van der Waals surface area contributed by atoms with Crippen LogP contribution >= 0.6 is 0 Å². The van der Waals surface area contributed by atoms with Gasteiger partial charge >= 0.3 is 0 Å². The van der Waals surface area contributed by atoms with Crippen molar-refractivity contribution in [2.75, 3.05) is 6.54 Å². The van der Waals surface area contributed by atoms with Gasteiger partial charge in [-0.15, -0.1) is 0 Å². The maximum absolute atomic E-state index is 10.2. The van der Waals surface area contributed by atoms with Gasteiger partial charge in [-0.3, -0.25) is 4.99 Å². The van der Waals surface area contributed by atoms with Crippen molar-refractivity contribution in [2.45, 2.75) is 46.6 Å². The Morgan fingerprint density at radius 1 is 1.38 bits per heavy atom. The third-order valence-electron chi connectivity index (χ3n) is 2.52. The van der Waals surface area contributed by atoms with E-state index in [9.17, 15) is 5.11 Å². The van der Waals surface area contributed by atoms with Crippen LogP contribution < -0.4 is 0 Å². The van der Waals surface area contributed by atoms with Crippen molar-refractivity contribution in [3.8, 4) is 0 Å². The van der Waals surface area contributed by atoms with E-state index in [4.69, 9.17) is 0 Å². The zero-order valence-corrected chi connectivity index (χ0v) is 12.2. The molecule has 0 rings (SSSR count). The summed E-state index contributed by atoms with van der Waals surface area (Å²) in [5, 5.41) is 10.2. The van der Waals surface area contributed by atoms with E-state index in [0.717, 1.165) is 18.7 Å². The molecule has 0 amide bonds. The van der Waals surface area contributed by atoms with E-state index in [2.05, 4.69) is 4.99 Å². The molecule has 0 aromatic heterocycles. The zero-order valence-electron chi connectivity index (χ0n) is 9.33. The molecule has 0 aromatic rings. The van der Waals surface area contributed by atoms with E-state index in [1.54, 1.807) is 0 Å². The number of aliphatic imine (C=N–C) groups is 1. The Kier molecular flexibility index (Phi) is 9.19. The fraction of sp³-hybridized carbons (Fsp3) is 0.900. The first kappa shape index (κ1) is 16.4. The number of hydrogen-bond acceptors (Lipinski definition) is 2. The monoisotopic (exact) mass is 316 g/mol. The summed E-state index contributed by atoms with van der Waals surface area (Å²) in [5.41, 5.74) is 0.165. The van der Waals surface area contributed by atoms with E-state index in [1.807, 2.05) is 34.6 Å². The number of rotatable bonds is 4. The Bertz CT molecular complexity index is 168. The van der Waals surface area contributed by atoms with Gasteiger partial charge in [-0.1, -0.05) is 20.8 Å². The van der Waals surface area contributed by atoms with Crippen molar-refractivity contribution in [1.82, 2.24) is 0 Å². The van der Waals surface area contributed by atoms with E-state index < -0.39 is 5.60 Å². The van der Waals surface area contributed by atoms with Crippen LogP contribution in [-0.4, -0.2) is 23.0 Å². The fourth-order valence-electron chi connectivity index (χ4n) is 1.46. The molecular weight excluding hydrogens is 295 g/mol. The van der Waals surface area contributed by atoms with Crippen molar-refractivity contribution >= 4 is 5.71 Å². The molecule has 0 spiro atoms. The van der Waals surface area contributed by atoms with E-state index in [-0.39, 0.29) is 46.3 Å². The molecule has 0 bridgehead atoms. The van der Waals surface area contributed by atoms with Gasteiger partial charge in [0.15, 0.2) is 0 Å². The zero-order chi connectivity index (χ0) is 9.78. The summed E-state index contributed by atoms with van der Waals surface area (Å²) in [6.07, 6.45) is 0.736. The second-order valence-corrected chi connectivity index (χ2v) is 3.49. The molecule has 0 aliphatic heterocycles. The average Bonchev–Trinajstić information content (AvgIpc) is 2.03. The molecule has 0 aliphatic carbocycles. The fourth-order valence-corrected chi connectivity index (χ4v) is 1.46. The van der Waals surface area contributed by atoms with Gasteiger partial charge in [0.2, 0.25) is 0 Å². The molecule has 3 heteroatoms. The summed E-state index contributed by atoms with van der Waals surface area (Å²) >= 11 is 0. The normalized spacial score (nSPS) is 16.7. The maximum Gasteiger partial charge on any atom is 0.104 e. The Morgan fingerprint density at radius 2 is 1.85 bits per heavy atom. The Morgan fingerprint density at radius 3 is 2.08 bits per heavy atom. The molecule has 0 heterocycles. The predicted molar refractivity (Wildman–Crippen MR) is 53.7 cm³/mol. The molecule has 1 radical (unpaired) electrons. The minimum atomic E-state index is -0.698. The van der Waals surface area contributed by atoms with Crippen molar-refractivity contribution in [2.24, 2.45) is 10.9 Å². The Balaban J connectivity index is 0. The number of aliphatic hydroxyl groups is 1. The van der Waals surface area contributed by atoms with Crippen molar-refractivity contribution < 1.29 is 45.5 Å². The van der Waals surface area contributed by atoms with E-state index in [0.29, 0.717) is 0 Å². The van der Waals surface area contributed by atoms with E-state index in [1.165, 1.54) is 0 Å². The molecule has 0 fully saturated rings. The van der Waals surface area contributed by atoms with Crippen LogP contribution in [0.5, 0.6) is 0 Å². The third kappa shape index (κ3) is 4.34. The van der Waals surface area contributed by atoms with Crippen LogP contribution in [0, 0.1) is 46.3 Å². The molecule has 1 unspecified atom stereocenters. The van der Waals surface area contributed by atoms with Gasteiger partial charge in [-0.25, -0.2) is 0 Å². The van der Waals surface area contributed by atoms with Gasteiger partial charge in [-0.2, -0.15) is 0 Å². The molecule has 1 N–H and O–H groups in total. The first-order valence-electron chi connectivity index (χ1n) is 4.72. The van der Waals surface area contributed by atoms with Crippen molar-refractivity contribution in [3.05, 3.63) is 0 Å². The van der Waals surface area contributed by atoms with Crippen LogP contribution in [0.2, 0.25) is 0 Å². The first-order valence-corrected chi connectivity index (χ1v) is 4.72. The Labute approximate surface area is 114 Å². The predicted octanol–water partition coefficient (Wildman–Crippen LogP) is 2.26. The van der Waals surface area contributed by atoms with Gasteiger partial charge in [0, 0.05) is 52.6 Å². The quantitative estimate of drug-likeness (QED) is 0.793. The summed E-state index contributed by atoms with van der Waals surface area (Å²) in [6, 6.07) is 0. The summed E-state index contributed by atoms with van der Waals surface area (Å²) in [4.78, 5) is 4.26. The van der Waals surface area contributed by atoms with Crippen molar-refractivity contribution in [3.63, 3.8) is 0 Å². The summed E-state index contributed by atoms with van der Waals surface area (Å²) < 4.78 is 0. The van der Waals surface area contributed by atoms with Crippen LogP contribution in [0.4, 0.5) is 0 Å². The molecule has 13 heavy (non-hydrogen) atoms. The first-order chi connectivity index (χ1) is 5.49. The third-order valence-corrected chi connectivity index (χ3v) is 2.52. The molecule has 77 valence electrons. The summed E-state index contributed by atoms with van der Waals surface area (Å²) in [6.45, 7) is 10.7. The largest absolute Gasteiger partial charge is 0.384 e. The Hall–Kier alpha value is 0.968. The second kappa shape index (κ2) is 7.28. The molecule has 0 saturated heterocycles. The molecule has 0 aromatic carbocycles. The molecule has 0 aliphatic rings. The number of hydrogen-bond donors (Lipinski definition) is 1. The average molecular weight is 316 g/mol. The van der Waals surface area contributed by atoms with Gasteiger partial charge in [0.1, 0.15) is 5.60 Å². The minimum Gasteiger partial charge on any atom is -0.384 e. The summed E-state index contributed by atoms with van der Waals surface area (Å²) in [7, 11) is 0. The molecule has 2 nitrogen and oxygen atoms in total. The topological polar surface area (TPSA) is 32.6 Å². The van der Waals surface area contributed by atoms with Crippen LogP contribution in [0.15, 0.2) is 4.99 Å². The molecular formula is C10H21NOPm. The van der Waals surface area contributed by atoms with Crippen LogP contribution in [0.3, 0.4) is 0 Å². The van der Waals surface area contributed by atoms with Gasteiger partial charge in [0.05, 0.1) is 0 Å². The van der Waals surface area contributed by atoms with Crippen LogP contribution in [0.1, 0.15) is 41.0 Å². The second-order valence-electron chi connectivity index (χ2n) is 3.49. The molecule has 0 saturated carbocycles. The summed E-state index contributed by atoms with van der Waals surface area (Å²) in [5.74, 6) is 0.234. The van der Waals surface area contributed by atoms with E-state index >= 15 is 0 Å². The minimum absolute atomic E-state index is 0. The maximum atomic E-state index is 10.2. The van der Waals surface area contributed by atoms with Crippen molar-refractivity contribution in [1.29, 1.82) is 0 Å². The number of nitrogens with zero attached hydrogens (tertiary/aromatic N) is 1. The smallest absolute Gasteiger partial charge is 0.104 e. The van der Waals surface area contributed by atoms with Gasteiger partial charge in [0.25, 0.3) is 0 Å². The van der Waals surface area contributed by atoms with Gasteiger partial charge in [-0.05, 0) is 26.2 Å². The van der Waals surface area contributed by atoms with Gasteiger partial charge < -0.3 is 5.11 Å². The molecule has 1 atom stereocenters. The van der Waals surface area contributed by atoms with Crippen LogP contribution in [-0.2, 0) is 0 Å². The standard InChI is InChI=1S/C10H21NO.Pm/c1-6-10(12,8(3)4)9(5)11-7-2;/h8,12H,6-7H2,1-5H3;. The van der Waals surface area contributed by atoms with Crippen LogP contribution in [0.25, 0.3) is 0 Å².